The van der Waals surface area contributed by atoms with E-state index in [-0.39, 0.29) is 0 Å². The molecule has 0 aliphatic carbocycles. The van der Waals surface area contributed by atoms with Gasteiger partial charge in [-0.3, -0.25) is 0 Å². The van der Waals surface area contributed by atoms with E-state index >= 15 is 0 Å². The fourth-order valence-electron chi connectivity index (χ4n) is 2.78. The number of nitrogens with zero attached hydrogens (tertiary/aromatic N) is 2. The Labute approximate surface area is 229 Å². The third-order valence-corrected chi connectivity index (χ3v) is 4.85. The number of anilines is 1. The third kappa shape index (κ3) is 8.50. The minimum absolute atomic E-state index is 0.348. The maximum Gasteiger partial charge on any atom is 0.460 e. The molecule has 1 atom stereocenters. The first kappa shape index (κ1) is 36.1. The number of benzene rings is 1. The lowest BCUT2D eigenvalue weighted by molar-refractivity contribution is -0.543. The number of aliphatic hydroxyl groups is 1. The van der Waals surface area contributed by atoms with Crippen LogP contribution >= 0.6 is 0 Å². The summed E-state index contributed by atoms with van der Waals surface area (Å²) in [7, 11) is 0. The quantitative estimate of drug-likeness (QED) is 0.221. The van der Waals surface area contributed by atoms with E-state index in [1.54, 1.807) is 18.2 Å². The molecular formula is C21H16F15N3O4. The maximum atomic E-state index is 13.6. The van der Waals surface area contributed by atoms with Gasteiger partial charge in [0.05, 0.1) is 18.4 Å². The van der Waals surface area contributed by atoms with Crippen LogP contribution in [0.15, 0.2) is 42.9 Å². The topological polar surface area (TPSA) is 85.7 Å². The largest absolute Gasteiger partial charge is 0.460 e. The van der Waals surface area contributed by atoms with Crippen LogP contribution in [0.5, 0.6) is 0 Å². The lowest BCUT2D eigenvalue weighted by Crippen LogP contribution is -2.64. The second kappa shape index (κ2) is 12.5. The van der Waals surface area contributed by atoms with Crippen LogP contribution in [0, 0.1) is 0 Å². The van der Waals surface area contributed by atoms with Crippen molar-refractivity contribution in [3.05, 3.63) is 42.9 Å². The van der Waals surface area contributed by atoms with Crippen LogP contribution in [0.2, 0.25) is 0 Å². The summed E-state index contributed by atoms with van der Waals surface area (Å²) in [6.45, 7) is -4.00. The molecule has 1 aromatic carbocycles. The number of aliphatic hydroxyl groups excluding tert-OH is 1. The molecule has 1 heterocycles. The predicted octanol–water partition coefficient (Wildman–Crippen LogP) is 6.17. The van der Waals surface area contributed by atoms with Crippen molar-refractivity contribution in [2.24, 2.45) is 0 Å². The van der Waals surface area contributed by atoms with Crippen LogP contribution in [0.4, 0.5) is 71.5 Å². The summed E-state index contributed by atoms with van der Waals surface area (Å²) in [5.74, 6) is -15.8. The van der Waals surface area contributed by atoms with E-state index in [1.807, 2.05) is 0 Å². The molecule has 0 spiro atoms. The summed E-state index contributed by atoms with van der Waals surface area (Å²) in [4.78, 5) is 7.73. The Bertz CT molecular complexity index is 1200. The molecule has 1 unspecified atom stereocenters. The van der Waals surface area contributed by atoms with Gasteiger partial charge in [0.15, 0.2) is 0 Å². The van der Waals surface area contributed by atoms with Gasteiger partial charge in [-0.25, -0.2) is 19.4 Å². The zero-order valence-corrected chi connectivity index (χ0v) is 20.5. The lowest BCUT2D eigenvalue weighted by atomic mass is 10.1. The molecular weight excluding hydrogens is 643 g/mol. The molecule has 2 rings (SSSR count). The molecule has 0 fully saturated rings. The summed E-state index contributed by atoms with van der Waals surface area (Å²) in [5.41, 5.74) is 1.42. The lowest BCUT2D eigenvalue weighted by Gasteiger charge is -2.36. The number of hydrogen-bond donors (Lipinski definition) is 2. The minimum atomic E-state index is -7.94. The summed E-state index contributed by atoms with van der Waals surface area (Å²) in [6.07, 6.45) is -34.2. The normalized spacial score (nSPS) is 15.0. The smallest absolute Gasteiger partial charge is 0.389 e. The van der Waals surface area contributed by atoms with Gasteiger partial charge in [0, 0.05) is 24.0 Å². The van der Waals surface area contributed by atoms with Gasteiger partial charge in [-0.15, -0.1) is 0 Å². The van der Waals surface area contributed by atoms with Crippen LogP contribution in [-0.2, 0) is 14.2 Å². The van der Waals surface area contributed by atoms with Gasteiger partial charge in [0.2, 0.25) is 0 Å². The van der Waals surface area contributed by atoms with Crippen molar-refractivity contribution in [3.63, 3.8) is 0 Å². The highest BCUT2D eigenvalue weighted by molar-refractivity contribution is 5.64. The number of halogens is 15. The van der Waals surface area contributed by atoms with E-state index in [2.05, 4.69) is 24.8 Å². The molecule has 1 aromatic heterocycles. The van der Waals surface area contributed by atoms with Crippen LogP contribution in [0.1, 0.15) is 0 Å². The van der Waals surface area contributed by atoms with Crippen LogP contribution in [-0.4, -0.2) is 83.4 Å². The van der Waals surface area contributed by atoms with Gasteiger partial charge >= 0.3 is 42.5 Å². The molecule has 2 N–H and O–H groups in total. The maximum absolute atomic E-state index is 13.6. The highest BCUT2D eigenvalue weighted by Crippen LogP contribution is 2.55. The van der Waals surface area contributed by atoms with E-state index in [9.17, 15) is 71.0 Å². The summed E-state index contributed by atoms with van der Waals surface area (Å²) < 4.78 is 203. The number of hydrogen-bond acceptors (Lipinski definition) is 7. The average Bonchev–Trinajstić information content (AvgIpc) is 2.86. The van der Waals surface area contributed by atoms with Crippen molar-refractivity contribution in [2.45, 2.75) is 48.6 Å². The fraction of sp³-hybridized carbons (Fsp3) is 0.524. The zero-order chi connectivity index (χ0) is 33.1. The standard InChI is InChI=1S/C21H16F15N3O4/c22-15(23,9-41-8-13(40)7-38-12-3-1-2-11(6-12)14-4-5-37-10-39-14)42-20(33,34)21(35,36)43-19(31,32)17(26,27)16(24,25)18(28,29)30/h1-6,10,13,38,40H,7-9H2. The Kier molecular flexibility index (Phi) is 10.5. The van der Waals surface area contributed by atoms with E-state index in [4.69, 9.17) is 0 Å². The first-order chi connectivity index (χ1) is 19.4. The molecule has 2 aromatic rings. The number of aromatic nitrogens is 2. The van der Waals surface area contributed by atoms with Gasteiger partial charge in [-0.2, -0.15) is 65.9 Å². The number of nitrogens with one attached hydrogen (secondary N) is 1. The van der Waals surface area contributed by atoms with Gasteiger partial charge < -0.3 is 15.2 Å². The first-order valence-corrected chi connectivity index (χ1v) is 11.0. The Balaban J connectivity index is 1.96. The second-order valence-corrected chi connectivity index (χ2v) is 8.26. The monoisotopic (exact) mass is 659 g/mol. The zero-order valence-electron chi connectivity index (χ0n) is 20.5. The van der Waals surface area contributed by atoms with Crippen LogP contribution < -0.4 is 5.32 Å². The van der Waals surface area contributed by atoms with Gasteiger partial charge in [-0.05, 0) is 18.2 Å². The molecule has 0 bridgehead atoms. The predicted molar refractivity (Wildman–Crippen MR) is 111 cm³/mol. The number of rotatable bonds is 15. The average molecular weight is 659 g/mol. The van der Waals surface area contributed by atoms with Crippen molar-refractivity contribution >= 4 is 5.69 Å². The number of alkyl halides is 15. The van der Waals surface area contributed by atoms with E-state index in [1.165, 1.54) is 29.4 Å². The molecule has 0 saturated heterocycles. The van der Waals surface area contributed by atoms with Crippen molar-refractivity contribution in [2.75, 3.05) is 25.1 Å². The van der Waals surface area contributed by atoms with E-state index in [0.717, 1.165) is 0 Å². The molecule has 7 nitrogen and oxygen atoms in total. The third-order valence-electron chi connectivity index (χ3n) is 4.85. The Morgan fingerprint density at radius 1 is 0.767 bits per heavy atom. The van der Waals surface area contributed by atoms with Crippen molar-refractivity contribution in [1.82, 2.24) is 9.97 Å². The van der Waals surface area contributed by atoms with E-state index < -0.39 is 68.3 Å². The van der Waals surface area contributed by atoms with Crippen LogP contribution in [0.25, 0.3) is 11.3 Å². The molecule has 244 valence electrons. The van der Waals surface area contributed by atoms with Crippen molar-refractivity contribution in [1.29, 1.82) is 0 Å². The van der Waals surface area contributed by atoms with Crippen LogP contribution in [0.3, 0.4) is 0 Å². The Hall–Kier alpha value is -3.11. The Morgan fingerprint density at radius 3 is 1.93 bits per heavy atom. The van der Waals surface area contributed by atoms with Gasteiger partial charge in [-0.1, -0.05) is 12.1 Å². The summed E-state index contributed by atoms with van der Waals surface area (Å²) in [6, 6.07) is 7.78. The summed E-state index contributed by atoms with van der Waals surface area (Å²) >= 11 is 0. The minimum Gasteiger partial charge on any atom is -0.389 e. The fourth-order valence-corrected chi connectivity index (χ4v) is 2.78. The second-order valence-electron chi connectivity index (χ2n) is 8.26. The molecule has 0 saturated carbocycles. The highest BCUT2D eigenvalue weighted by atomic mass is 19.4. The SMILES string of the molecule is OC(CNc1cccc(-c2ccncn2)c1)COCC(F)(F)OC(F)(F)C(F)(F)OC(F)(F)C(F)(F)C(F)(F)C(F)(F)F. The van der Waals surface area contributed by atoms with Crippen molar-refractivity contribution in [3.8, 4) is 11.3 Å². The van der Waals surface area contributed by atoms with Crippen molar-refractivity contribution < 1.29 is 85.2 Å². The molecule has 0 radical (unpaired) electrons. The van der Waals surface area contributed by atoms with E-state index in [0.29, 0.717) is 16.9 Å². The van der Waals surface area contributed by atoms with Gasteiger partial charge in [0.1, 0.15) is 12.9 Å². The molecule has 0 aliphatic rings. The molecule has 22 heteroatoms. The molecule has 0 amide bonds. The molecule has 43 heavy (non-hydrogen) atoms. The first-order valence-electron chi connectivity index (χ1n) is 11.0. The Morgan fingerprint density at radius 2 is 1.37 bits per heavy atom. The summed E-state index contributed by atoms with van der Waals surface area (Å²) in [5, 5.41) is 12.4. The molecule has 0 aliphatic heterocycles. The number of ether oxygens (including phenoxy) is 3. The van der Waals surface area contributed by atoms with Gasteiger partial charge in [0.25, 0.3) is 0 Å². The highest BCUT2D eigenvalue weighted by Gasteiger charge is 2.85.